The molecule has 2 unspecified atom stereocenters. The van der Waals surface area contributed by atoms with Gasteiger partial charge in [-0.3, -0.25) is 9.59 Å². The Labute approximate surface area is 193 Å². The molecule has 3 amide bonds. The number of amides is 3. The SMILES string of the molecule is CC(C)(C)OC(=O)N1CCN(c2ccc3c(c2)C2(CC2)N(C2CCC(=O)NC2O)C3=O)CC1. The first kappa shape index (κ1) is 22.0. The van der Waals surface area contributed by atoms with Crippen molar-refractivity contribution in [1.82, 2.24) is 15.1 Å². The van der Waals surface area contributed by atoms with E-state index in [0.717, 1.165) is 24.1 Å². The monoisotopic (exact) mass is 456 g/mol. The van der Waals surface area contributed by atoms with Crippen LogP contribution in [-0.2, 0) is 15.1 Å². The average molecular weight is 457 g/mol. The van der Waals surface area contributed by atoms with Crippen molar-refractivity contribution in [3.63, 3.8) is 0 Å². The topological polar surface area (TPSA) is 102 Å². The average Bonchev–Trinajstić information content (AvgIpc) is 3.51. The molecule has 1 saturated carbocycles. The Morgan fingerprint density at radius 3 is 2.45 bits per heavy atom. The van der Waals surface area contributed by atoms with Crippen molar-refractivity contribution in [2.24, 2.45) is 0 Å². The molecule has 178 valence electrons. The summed E-state index contributed by atoms with van der Waals surface area (Å²) in [5.41, 5.74) is 1.85. The number of benzene rings is 1. The lowest BCUT2D eigenvalue weighted by atomic mass is 9.98. The first-order valence-corrected chi connectivity index (χ1v) is 11.8. The van der Waals surface area contributed by atoms with Crippen LogP contribution in [0.3, 0.4) is 0 Å². The number of rotatable bonds is 2. The van der Waals surface area contributed by atoms with Gasteiger partial charge in [-0.05, 0) is 63.8 Å². The van der Waals surface area contributed by atoms with E-state index in [1.807, 2.05) is 37.8 Å². The Morgan fingerprint density at radius 2 is 1.85 bits per heavy atom. The minimum atomic E-state index is -1.04. The number of piperazine rings is 1. The molecule has 2 saturated heterocycles. The molecule has 2 atom stereocenters. The fraction of sp³-hybridized carbons (Fsp3) is 0.625. The Bertz CT molecular complexity index is 991. The highest BCUT2D eigenvalue weighted by molar-refractivity contribution is 6.01. The number of hydrogen-bond donors (Lipinski definition) is 2. The number of piperidine rings is 1. The molecule has 33 heavy (non-hydrogen) atoms. The van der Waals surface area contributed by atoms with Crippen LogP contribution in [0.1, 0.15) is 62.4 Å². The molecule has 0 aromatic heterocycles. The normalized spacial score (nSPS) is 26.4. The molecule has 9 heteroatoms. The van der Waals surface area contributed by atoms with Crippen LogP contribution in [0, 0.1) is 0 Å². The fourth-order valence-corrected chi connectivity index (χ4v) is 5.37. The summed E-state index contributed by atoms with van der Waals surface area (Å²) >= 11 is 0. The van der Waals surface area contributed by atoms with E-state index in [1.54, 1.807) is 4.90 Å². The predicted molar refractivity (Wildman–Crippen MR) is 121 cm³/mol. The molecule has 1 aromatic rings. The second-order valence-corrected chi connectivity index (χ2v) is 10.5. The van der Waals surface area contributed by atoms with Gasteiger partial charge in [-0.1, -0.05) is 0 Å². The number of fused-ring (bicyclic) bond motifs is 2. The van der Waals surface area contributed by atoms with Crippen molar-refractivity contribution < 1.29 is 24.2 Å². The number of anilines is 1. The van der Waals surface area contributed by atoms with Crippen molar-refractivity contribution in [2.75, 3.05) is 31.1 Å². The highest BCUT2D eigenvalue weighted by Crippen LogP contribution is 2.58. The summed E-state index contributed by atoms with van der Waals surface area (Å²) in [6, 6.07) is 5.56. The molecule has 5 rings (SSSR count). The Morgan fingerprint density at radius 1 is 1.15 bits per heavy atom. The first-order chi connectivity index (χ1) is 15.6. The maximum absolute atomic E-state index is 13.3. The zero-order chi connectivity index (χ0) is 23.5. The van der Waals surface area contributed by atoms with Crippen molar-refractivity contribution in [3.05, 3.63) is 29.3 Å². The van der Waals surface area contributed by atoms with Gasteiger partial charge >= 0.3 is 6.09 Å². The van der Waals surface area contributed by atoms with Gasteiger partial charge in [0, 0.05) is 43.9 Å². The molecular formula is C24H32N4O5. The molecule has 3 heterocycles. The number of carbonyl (C=O) groups is 3. The van der Waals surface area contributed by atoms with Crippen molar-refractivity contribution in [1.29, 1.82) is 0 Å². The van der Waals surface area contributed by atoms with Gasteiger partial charge in [0.05, 0.1) is 11.6 Å². The number of nitrogens with one attached hydrogen (secondary N) is 1. The molecule has 3 aliphatic heterocycles. The molecular weight excluding hydrogens is 424 g/mol. The molecule has 2 N–H and O–H groups in total. The fourth-order valence-electron chi connectivity index (χ4n) is 5.37. The summed E-state index contributed by atoms with van der Waals surface area (Å²) in [4.78, 5) is 43.1. The van der Waals surface area contributed by atoms with Gasteiger partial charge in [0.1, 0.15) is 11.8 Å². The van der Waals surface area contributed by atoms with Gasteiger partial charge in [0.25, 0.3) is 5.91 Å². The molecule has 1 spiro atoms. The summed E-state index contributed by atoms with van der Waals surface area (Å²) in [5.74, 6) is -0.246. The maximum Gasteiger partial charge on any atom is 0.410 e. The number of nitrogens with zero attached hydrogens (tertiary/aromatic N) is 3. The van der Waals surface area contributed by atoms with E-state index in [4.69, 9.17) is 4.74 Å². The summed E-state index contributed by atoms with van der Waals surface area (Å²) < 4.78 is 5.49. The van der Waals surface area contributed by atoms with E-state index in [2.05, 4.69) is 16.3 Å². The van der Waals surface area contributed by atoms with Crippen LogP contribution in [0.25, 0.3) is 0 Å². The zero-order valence-corrected chi connectivity index (χ0v) is 19.5. The number of hydrogen-bond acceptors (Lipinski definition) is 6. The largest absolute Gasteiger partial charge is 0.444 e. The lowest BCUT2D eigenvalue weighted by Crippen LogP contribution is -2.57. The first-order valence-electron chi connectivity index (χ1n) is 11.8. The van der Waals surface area contributed by atoms with Crippen LogP contribution >= 0.6 is 0 Å². The Balaban J connectivity index is 1.32. The second-order valence-electron chi connectivity index (χ2n) is 10.5. The zero-order valence-electron chi connectivity index (χ0n) is 19.5. The van der Waals surface area contributed by atoms with Crippen molar-refractivity contribution >= 4 is 23.6 Å². The van der Waals surface area contributed by atoms with Crippen LogP contribution in [-0.4, -0.2) is 76.9 Å². The van der Waals surface area contributed by atoms with Gasteiger partial charge in [0.15, 0.2) is 0 Å². The van der Waals surface area contributed by atoms with Crippen molar-refractivity contribution in [2.45, 2.75) is 69.9 Å². The quantitative estimate of drug-likeness (QED) is 0.704. The molecule has 1 aliphatic carbocycles. The summed E-state index contributed by atoms with van der Waals surface area (Å²) in [6.45, 7) is 8.14. The molecule has 0 bridgehead atoms. The van der Waals surface area contributed by atoms with Crippen LogP contribution in [0.2, 0.25) is 0 Å². The van der Waals surface area contributed by atoms with Crippen LogP contribution in [0.15, 0.2) is 18.2 Å². The highest BCUT2D eigenvalue weighted by Gasteiger charge is 2.61. The van der Waals surface area contributed by atoms with Crippen LogP contribution in [0.5, 0.6) is 0 Å². The third-order valence-corrected chi connectivity index (χ3v) is 7.11. The number of aliphatic hydroxyl groups excluding tert-OH is 1. The summed E-state index contributed by atoms with van der Waals surface area (Å²) in [5, 5.41) is 13.1. The van der Waals surface area contributed by atoms with E-state index in [1.165, 1.54) is 0 Å². The van der Waals surface area contributed by atoms with E-state index >= 15 is 0 Å². The highest BCUT2D eigenvalue weighted by atomic mass is 16.6. The van der Waals surface area contributed by atoms with Gasteiger partial charge in [0.2, 0.25) is 5.91 Å². The molecule has 0 radical (unpaired) electrons. The van der Waals surface area contributed by atoms with Gasteiger partial charge in [-0.2, -0.15) is 0 Å². The molecule has 3 fully saturated rings. The minimum Gasteiger partial charge on any atom is -0.444 e. The van der Waals surface area contributed by atoms with E-state index in [9.17, 15) is 19.5 Å². The maximum atomic E-state index is 13.3. The summed E-state index contributed by atoms with van der Waals surface area (Å²) in [6.07, 6.45) is 1.17. The lowest BCUT2D eigenvalue weighted by Gasteiger charge is -2.39. The second kappa shape index (κ2) is 7.62. The molecule has 1 aromatic carbocycles. The third kappa shape index (κ3) is 3.82. The Kier molecular flexibility index (Phi) is 5.08. The van der Waals surface area contributed by atoms with Gasteiger partial charge in [-0.15, -0.1) is 0 Å². The minimum absolute atomic E-state index is 0.0657. The summed E-state index contributed by atoms with van der Waals surface area (Å²) in [7, 11) is 0. The standard InChI is InChI=1S/C24H32N4O5/c1-23(2,3)33-22(32)27-12-10-26(11-13-27)15-4-5-16-17(14-15)24(8-9-24)28(21(16)31)18-6-7-19(29)25-20(18)30/h4-5,14,18,20,30H,6-13H2,1-3H3,(H,25,29). The molecule has 4 aliphatic rings. The third-order valence-electron chi connectivity index (χ3n) is 7.11. The number of ether oxygens (including phenoxy) is 1. The van der Waals surface area contributed by atoms with Crippen molar-refractivity contribution in [3.8, 4) is 0 Å². The van der Waals surface area contributed by atoms with Gasteiger partial charge in [-0.25, -0.2) is 4.79 Å². The molecule has 9 nitrogen and oxygen atoms in total. The van der Waals surface area contributed by atoms with Crippen LogP contribution < -0.4 is 10.2 Å². The van der Waals surface area contributed by atoms with Gasteiger partial charge < -0.3 is 29.9 Å². The predicted octanol–water partition coefficient (Wildman–Crippen LogP) is 1.79. The Hall–Kier alpha value is -2.81. The van der Waals surface area contributed by atoms with E-state index in [0.29, 0.717) is 44.6 Å². The van der Waals surface area contributed by atoms with E-state index in [-0.39, 0.29) is 23.4 Å². The van der Waals surface area contributed by atoms with E-state index < -0.39 is 17.9 Å². The number of aliphatic hydroxyl groups is 1. The van der Waals surface area contributed by atoms with Crippen LogP contribution in [0.4, 0.5) is 10.5 Å². The smallest absolute Gasteiger partial charge is 0.410 e. The number of carbonyl (C=O) groups excluding carboxylic acids is 3. The lowest BCUT2D eigenvalue weighted by molar-refractivity contribution is -0.130.